The Morgan fingerprint density at radius 1 is 1.42 bits per heavy atom. The standard InChI is InChI=1S/C11H11F2N5O/c1-18-6(5-16-17-18)4-15-10-2-7(11(14)19)8(12)3-9(10)13/h2-3,5,15H,4H2,1H3,(H2,14,19). The molecule has 0 bridgehead atoms. The van der Waals surface area contributed by atoms with Crippen molar-refractivity contribution in [2.75, 3.05) is 5.32 Å². The van der Waals surface area contributed by atoms with Crippen LogP contribution in [-0.2, 0) is 13.6 Å². The summed E-state index contributed by atoms with van der Waals surface area (Å²) in [5.41, 5.74) is 5.31. The van der Waals surface area contributed by atoms with Gasteiger partial charge in [0, 0.05) is 13.1 Å². The van der Waals surface area contributed by atoms with E-state index >= 15 is 0 Å². The lowest BCUT2D eigenvalue weighted by molar-refractivity contribution is 0.0996. The van der Waals surface area contributed by atoms with Crippen LogP contribution in [-0.4, -0.2) is 20.9 Å². The van der Waals surface area contributed by atoms with Crippen molar-refractivity contribution in [1.29, 1.82) is 0 Å². The molecule has 0 aliphatic rings. The van der Waals surface area contributed by atoms with Crippen molar-refractivity contribution >= 4 is 11.6 Å². The minimum Gasteiger partial charge on any atom is -0.377 e. The molecule has 8 heteroatoms. The number of primary amides is 1. The number of benzene rings is 1. The van der Waals surface area contributed by atoms with Crippen LogP contribution >= 0.6 is 0 Å². The second kappa shape index (κ2) is 5.01. The van der Waals surface area contributed by atoms with Crippen molar-refractivity contribution in [3.05, 3.63) is 41.2 Å². The number of nitrogens with zero attached hydrogens (tertiary/aromatic N) is 3. The molecule has 0 aliphatic heterocycles. The molecule has 0 aliphatic carbocycles. The van der Waals surface area contributed by atoms with Crippen molar-refractivity contribution in [2.24, 2.45) is 12.8 Å². The van der Waals surface area contributed by atoms with E-state index in [0.717, 1.165) is 6.07 Å². The molecule has 2 rings (SSSR count). The van der Waals surface area contributed by atoms with Crippen LogP contribution in [0.1, 0.15) is 16.1 Å². The molecule has 0 radical (unpaired) electrons. The first-order valence-corrected chi connectivity index (χ1v) is 5.35. The van der Waals surface area contributed by atoms with Crippen LogP contribution in [0.4, 0.5) is 14.5 Å². The number of halogens is 2. The number of aryl methyl sites for hydroxylation is 1. The number of rotatable bonds is 4. The highest BCUT2D eigenvalue weighted by molar-refractivity contribution is 5.94. The molecule has 0 spiro atoms. The minimum absolute atomic E-state index is 0.0172. The summed E-state index contributed by atoms with van der Waals surface area (Å²) >= 11 is 0. The predicted molar refractivity (Wildman–Crippen MR) is 63.2 cm³/mol. The minimum atomic E-state index is -0.988. The first-order valence-electron chi connectivity index (χ1n) is 5.35. The van der Waals surface area contributed by atoms with Crippen LogP contribution in [0.25, 0.3) is 0 Å². The van der Waals surface area contributed by atoms with Crippen LogP contribution in [0.5, 0.6) is 0 Å². The lowest BCUT2D eigenvalue weighted by atomic mass is 10.1. The van der Waals surface area contributed by atoms with Gasteiger partial charge in [0.05, 0.1) is 29.7 Å². The van der Waals surface area contributed by atoms with Gasteiger partial charge in [-0.3, -0.25) is 9.48 Å². The lowest BCUT2D eigenvalue weighted by Gasteiger charge is -2.09. The third kappa shape index (κ3) is 2.67. The van der Waals surface area contributed by atoms with Gasteiger partial charge in [-0.25, -0.2) is 8.78 Å². The van der Waals surface area contributed by atoms with Crippen molar-refractivity contribution in [3.8, 4) is 0 Å². The lowest BCUT2D eigenvalue weighted by Crippen LogP contribution is -2.15. The molecule has 19 heavy (non-hydrogen) atoms. The molecule has 3 N–H and O–H groups in total. The van der Waals surface area contributed by atoms with Gasteiger partial charge in [0.25, 0.3) is 5.91 Å². The van der Waals surface area contributed by atoms with Crippen LogP contribution in [0.15, 0.2) is 18.3 Å². The van der Waals surface area contributed by atoms with Crippen molar-refractivity contribution in [2.45, 2.75) is 6.54 Å². The maximum Gasteiger partial charge on any atom is 0.251 e. The first kappa shape index (κ1) is 12.9. The number of anilines is 1. The van der Waals surface area contributed by atoms with E-state index in [4.69, 9.17) is 5.73 Å². The monoisotopic (exact) mass is 267 g/mol. The van der Waals surface area contributed by atoms with E-state index in [1.165, 1.54) is 10.9 Å². The predicted octanol–water partition coefficient (Wildman–Crippen LogP) is 0.804. The molecule has 100 valence electrons. The Bertz CT molecular complexity index is 626. The molecular weight excluding hydrogens is 256 g/mol. The molecule has 6 nitrogen and oxygen atoms in total. The smallest absolute Gasteiger partial charge is 0.251 e. The Kier molecular flexibility index (Phi) is 3.41. The number of carbonyl (C=O) groups excluding carboxylic acids is 1. The number of nitrogens with two attached hydrogens (primary N) is 1. The summed E-state index contributed by atoms with van der Waals surface area (Å²) in [6, 6.07) is 1.65. The number of amides is 1. The van der Waals surface area contributed by atoms with E-state index in [0.29, 0.717) is 11.8 Å². The Morgan fingerprint density at radius 3 is 2.74 bits per heavy atom. The van der Waals surface area contributed by atoms with E-state index in [9.17, 15) is 13.6 Å². The SMILES string of the molecule is Cn1nncc1CNc1cc(C(N)=O)c(F)cc1F. The summed E-state index contributed by atoms with van der Waals surface area (Å²) < 4.78 is 28.3. The normalized spacial score (nSPS) is 10.5. The molecule has 1 heterocycles. The molecule has 1 aromatic heterocycles. The second-order valence-corrected chi connectivity index (χ2v) is 3.88. The second-order valence-electron chi connectivity index (χ2n) is 3.88. The zero-order valence-electron chi connectivity index (χ0n) is 10.0. The van der Waals surface area contributed by atoms with Gasteiger partial charge in [-0.05, 0) is 6.07 Å². The van der Waals surface area contributed by atoms with Gasteiger partial charge >= 0.3 is 0 Å². The van der Waals surface area contributed by atoms with E-state index < -0.39 is 17.5 Å². The highest BCUT2D eigenvalue weighted by Gasteiger charge is 2.14. The first-order chi connectivity index (χ1) is 8.99. The number of aromatic nitrogens is 3. The Balaban J connectivity index is 2.23. The van der Waals surface area contributed by atoms with E-state index in [-0.39, 0.29) is 17.8 Å². The number of hydrogen-bond donors (Lipinski definition) is 2. The van der Waals surface area contributed by atoms with Gasteiger partial charge in [0.2, 0.25) is 0 Å². The van der Waals surface area contributed by atoms with Gasteiger partial charge < -0.3 is 11.1 Å². The van der Waals surface area contributed by atoms with Crippen molar-refractivity contribution in [3.63, 3.8) is 0 Å². The largest absolute Gasteiger partial charge is 0.377 e. The van der Waals surface area contributed by atoms with E-state index in [1.807, 2.05) is 0 Å². The molecule has 0 fully saturated rings. The summed E-state index contributed by atoms with van der Waals surface area (Å²) in [6.07, 6.45) is 1.50. The highest BCUT2D eigenvalue weighted by Crippen LogP contribution is 2.19. The van der Waals surface area contributed by atoms with Gasteiger partial charge in [0.1, 0.15) is 11.6 Å². The maximum absolute atomic E-state index is 13.5. The third-order valence-electron chi connectivity index (χ3n) is 2.59. The van der Waals surface area contributed by atoms with Gasteiger partial charge in [0.15, 0.2) is 0 Å². The summed E-state index contributed by atoms with van der Waals surface area (Å²) in [5.74, 6) is -2.75. The number of carbonyl (C=O) groups is 1. The van der Waals surface area contributed by atoms with Crippen molar-refractivity contribution in [1.82, 2.24) is 15.0 Å². The topological polar surface area (TPSA) is 85.8 Å². The van der Waals surface area contributed by atoms with Crippen LogP contribution < -0.4 is 11.1 Å². The zero-order chi connectivity index (χ0) is 14.0. The molecule has 2 aromatic rings. The number of nitrogens with one attached hydrogen (secondary N) is 1. The maximum atomic E-state index is 13.5. The van der Waals surface area contributed by atoms with Gasteiger partial charge in [-0.2, -0.15) is 0 Å². The van der Waals surface area contributed by atoms with Crippen LogP contribution in [0.2, 0.25) is 0 Å². The Morgan fingerprint density at radius 2 is 2.16 bits per heavy atom. The molecule has 1 amide bonds. The molecule has 0 saturated carbocycles. The van der Waals surface area contributed by atoms with Gasteiger partial charge in [-0.1, -0.05) is 5.21 Å². The summed E-state index contributed by atoms with van der Waals surface area (Å²) in [6.45, 7) is 0.226. The van der Waals surface area contributed by atoms with Crippen LogP contribution in [0.3, 0.4) is 0 Å². The van der Waals surface area contributed by atoms with Crippen molar-refractivity contribution < 1.29 is 13.6 Å². The molecule has 0 unspecified atom stereocenters. The zero-order valence-corrected chi connectivity index (χ0v) is 10.0. The number of hydrogen-bond acceptors (Lipinski definition) is 4. The molecule has 0 atom stereocenters. The summed E-state index contributed by atoms with van der Waals surface area (Å²) in [4.78, 5) is 11.0. The summed E-state index contributed by atoms with van der Waals surface area (Å²) in [5, 5.41) is 10.1. The fourth-order valence-corrected chi connectivity index (χ4v) is 1.53. The quantitative estimate of drug-likeness (QED) is 0.858. The average Bonchev–Trinajstić information content (AvgIpc) is 2.73. The van der Waals surface area contributed by atoms with Crippen LogP contribution in [0, 0.1) is 11.6 Å². The molecule has 1 aromatic carbocycles. The fourth-order valence-electron chi connectivity index (χ4n) is 1.53. The Hall–Kier alpha value is -2.51. The fraction of sp³-hybridized carbons (Fsp3) is 0.182. The molecule has 0 saturated heterocycles. The van der Waals surface area contributed by atoms with Gasteiger partial charge in [-0.15, -0.1) is 5.10 Å². The average molecular weight is 267 g/mol. The van der Waals surface area contributed by atoms with E-state index in [2.05, 4.69) is 15.6 Å². The highest BCUT2D eigenvalue weighted by atomic mass is 19.1. The Labute approximate surface area is 107 Å². The molecular formula is C11H11F2N5O. The third-order valence-corrected chi connectivity index (χ3v) is 2.59. The van der Waals surface area contributed by atoms with E-state index in [1.54, 1.807) is 7.05 Å². The summed E-state index contributed by atoms with van der Waals surface area (Å²) in [7, 11) is 1.68.